The van der Waals surface area contributed by atoms with Crippen molar-refractivity contribution < 1.29 is 8.81 Å². The zero-order chi connectivity index (χ0) is 14.4. The van der Waals surface area contributed by atoms with Crippen LogP contribution in [-0.4, -0.2) is 4.98 Å². The van der Waals surface area contributed by atoms with E-state index >= 15 is 0 Å². The van der Waals surface area contributed by atoms with Crippen LogP contribution < -0.4 is 5.63 Å². The summed E-state index contributed by atoms with van der Waals surface area (Å²) in [5.74, 6) is -0.0696. The molecule has 3 aromatic rings. The van der Waals surface area contributed by atoms with E-state index in [9.17, 15) is 9.18 Å². The second kappa shape index (κ2) is 4.77. The van der Waals surface area contributed by atoms with E-state index in [-0.39, 0.29) is 17.3 Å². The first-order valence-electron chi connectivity index (χ1n) is 6.94. The molecule has 0 aliphatic heterocycles. The first kappa shape index (κ1) is 12.7. The van der Waals surface area contributed by atoms with E-state index in [1.54, 1.807) is 23.5 Å². The van der Waals surface area contributed by atoms with Crippen LogP contribution in [0.3, 0.4) is 0 Å². The van der Waals surface area contributed by atoms with Crippen molar-refractivity contribution in [3.63, 3.8) is 0 Å². The van der Waals surface area contributed by atoms with Crippen molar-refractivity contribution in [2.75, 3.05) is 0 Å². The van der Waals surface area contributed by atoms with E-state index in [0.717, 1.165) is 36.1 Å². The molecule has 0 spiro atoms. The quantitative estimate of drug-likeness (QED) is 0.684. The highest BCUT2D eigenvalue weighted by molar-refractivity contribution is 7.18. The molecule has 0 atom stereocenters. The highest BCUT2D eigenvalue weighted by atomic mass is 32.1. The second-order valence-electron chi connectivity index (χ2n) is 5.20. The summed E-state index contributed by atoms with van der Waals surface area (Å²) in [7, 11) is 0. The fourth-order valence-electron chi connectivity index (χ4n) is 2.81. The minimum atomic E-state index is -0.335. The molecule has 1 aliphatic carbocycles. The number of hydrogen-bond acceptors (Lipinski definition) is 4. The molecule has 4 rings (SSSR count). The molecule has 2 aromatic heterocycles. The molecule has 0 radical (unpaired) electrons. The van der Waals surface area contributed by atoms with Gasteiger partial charge in [0, 0.05) is 10.4 Å². The van der Waals surface area contributed by atoms with Gasteiger partial charge < -0.3 is 4.42 Å². The average Bonchev–Trinajstić information content (AvgIpc) is 2.86. The van der Waals surface area contributed by atoms with Crippen LogP contribution in [0.4, 0.5) is 4.39 Å². The largest absolute Gasteiger partial charge is 0.403 e. The normalized spacial score (nSPS) is 14.3. The number of aromatic nitrogens is 1. The number of nitrogens with zero attached hydrogens (tertiary/aromatic N) is 1. The van der Waals surface area contributed by atoms with Gasteiger partial charge in [0.05, 0.1) is 0 Å². The molecule has 0 fully saturated rings. The third-order valence-electron chi connectivity index (χ3n) is 3.84. The molecule has 0 bridgehead atoms. The van der Waals surface area contributed by atoms with Gasteiger partial charge in [0.15, 0.2) is 0 Å². The van der Waals surface area contributed by atoms with Gasteiger partial charge in [-0.3, -0.25) is 0 Å². The molecule has 1 aromatic carbocycles. The Labute approximate surface area is 124 Å². The van der Waals surface area contributed by atoms with Gasteiger partial charge in [0.1, 0.15) is 16.0 Å². The minimum absolute atomic E-state index is 0.256. The van der Waals surface area contributed by atoms with Crippen LogP contribution in [0.1, 0.15) is 23.3 Å². The van der Waals surface area contributed by atoms with Crippen LogP contribution in [0.2, 0.25) is 0 Å². The molecule has 3 nitrogen and oxygen atoms in total. The molecule has 21 heavy (non-hydrogen) atoms. The standard InChI is InChI=1S/C16H12FNO2S/c17-10-7-5-9(6-8-10)14-18-15-13(16(19)20-14)11-3-1-2-4-12(11)21-15/h5-8H,1-4H2. The summed E-state index contributed by atoms with van der Waals surface area (Å²) < 4.78 is 18.3. The van der Waals surface area contributed by atoms with Gasteiger partial charge in [-0.1, -0.05) is 0 Å². The SMILES string of the molecule is O=c1oc(-c2ccc(F)cc2)nc2sc3c(c12)CCCC3. The summed E-state index contributed by atoms with van der Waals surface area (Å²) in [5.41, 5.74) is 1.40. The van der Waals surface area contributed by atoms with E-state index in [1.807, 2.05) is 0 Å². The zero-order valence-corrected chi connectivity index (χ0v) is 12.0. The summed E-state index contributed by atoms with van der Waals surface area (Å²) in [5, 5.41) is 0.639. The van der Waals surface area contributed by atoms with Gasteiger partial charge in [-0.25, -0.2) is 14.2 Å². The Bertz CT molecular complexity index is 880. The number of halogens is 1. The van der Waals surface area contributed by atoms with Crippen LogP contribution in [-0.2, 0) is 12.8 Å². The van der Waals surface area contributed by atoms with Crippen LogP contribution in [0.5, 0.6) is 0 Å². The summed E-state index contributed by atoms with van der Waals surface area (Å²) in [4.78, 5) is 18.8. The van der Waals surface area contributed by atoms with Gasteiger partial charge in [0.2, 0.25) is 5.89 Å². The average molecular weight is 301 g/mol. The Morgan fingerprint density at radius 1 is 1.14 bits per heavy atom. The molecule has 0 N–H and O–H groups in total. The van der Waals surface area contributed by atoms with E-state index < -0.39 is 0 Å². The minimum Gasteiger partial charge on any atom is -0.403 e. The van der Waals surface area contributed by atoms with E-state index in [2.05, 4.69) is 4.98 Å². The number of hydrogen-bond donors (Lipinski definition) is 0. The smallest absolute Gasteiger partial charge is 0.348 e. The van der Waals surface area contributed by atoms with Crippen LogP contribution >= 0.6 is 11.3 Å². The maximum atomic E-state index is 13.0. The summed E-state index contributed by atoms with van der Waals surface area (Å²) in [6.45, 7) is 0. The Morgan fingerprint density at radius 2 is 1.90 bits per heavy atom. The van der Waals surface area contributed by atoms with Crippen molar-refractivity contribution in [2.24, 2.45) is 0 Å². The fraction of sp³-hybridized carbons (Fsp3) is 0.250. The first-order chi connectivity index (χ1) is 10.2. The van der Waals surface area contributed by atoms with Crippen molar-refractivity contribution in [3.05, 3.63) is 50.9 Å². The molecule has 106 valence electrons. The predicted molar refractivity (Wildman–Crippen MR) is 80.2 cm³/mol. The van der Waals surface area contributed by atoms with E-state index in [4.69, 9.17) is 4.42 Å². The lowest BCUT2D eigenvalue weighted by atomic mass is 9.97. The Morgan fingerprint density at radius 3 is 2.71 bits per heavy atom. The summed E-state index contributed by atoms with van der Waals surface area (Å²) in [6, 6.07) is 5.81. The van der Waals surface area contributed by atoms with Crippen molar-refractivity contribution in [2.45, 2.75) is 25.7 Å². The molecule has 0 saturated carbocycles. The van der Waals surface area contributed by atoms with E-state index in [1.165, 1.54) is 17.0 Å². The van der Waals surface area contributed by atoms with Crippen LogP contribution in [0, 0.1) is 5.82 Å². The van der Waals surface area contributed by atoms with Gasteiger partial charge >= 0.3 is 5.63 Å². The second-order valence-corrected chi connectivity index (χ2v) is 6.29. The van der Waals surface area contributed by atoms with Crippen molar-refractivity contribution in [1.82, 2.24) is 4.98 Å². The fourth-order valence-corrected chi connectivity index (χ4v) is 4.05. The highest BCUT2D eigenvalue weighted by Gasteiger charge is 2.21. The predicted octanol–water partition coefficient (Wildman–Crippen LogP) is 3.93. The van der Waals surface area contributed by atoms with Gasteiger partial charge in [0.25, 0.3) is 0 Å². The number of benzene rings is 1. The summed E-state index contributed by atoms with van der Waals surface area (Å²) >= 11 is 1.58. The van der Waals surface area contributed by atoms with Gasteiger partial charge in [-0.15, -0.1) is 11.3 Å². The zero-order valence-electron chi connectivity index (χ0n) is 11.2. The number of thiophene rings is 1. The number of rotatable bonds is 1. The maximum Gasteiger partial charge on any atom is 0.348 e. The topological polar surface area (TPSA) is 43.1 Å². The third-order valence-corrected chi connectivity index (χ3v) is 5.03. The highest BCUT2D eigenvalue weighted by Crippen LogP contribution is 2.34. The number of fused-ring (bicyclic) bond motifs is 3. The van der Waals surface area contributed by atoms with Crippen LogP contribution in [0.15, 0.2) is 33.5 Å². The Balaban J connectivity index is 1.93. The molecule has 2 heterocycles. The lowest BCUT2D eigenvalue weighted by molar-refractivity contribution is 0.518. The Kier molecular flexibility index (Phi) is 2.89. The molecule has 0 amide bonds. The van der Waals surface area contributed by atoms with Crippen LogP contribution in [0.25, 0.3) is 21.7 Å². The third kappa shape index (κ3) is 2.08. The number of aryl methyl sites for hydroxylation is 2. The molecular weight excluding hydrogens is 289 g/mol. The molecule has 0 unspecified atom stereocenters. The van der Waals surface area contributed by atoms with Crippen molar-refractivity contribution >= 4 is 21.6 Å². The monoisotopic (exact) mass is 301 g/mol. The lowest BCUT2D eigenvalue weighted by Gasteiger charge is -2.09. The Hall–Kier alpha value is -2.01. The van der Waals surface area contributed by atoms with Gasteiger partial charge in [-0.2, -0.15) is 0 Å². The maximum absolute atomic E-state index is 13.0. The molecule has 1 aliphatic rings. The molecule has 5 heteroatoms. The van der Waals surface area contributed by atoms with Crippen molar-refractivity contribution in [1.29, 1.82) is 0 Å². The summed E-state index contributed by atoms with van der Waals surface area (Å²) in [6.07, 6.45) is 4.22. The van der Waals surface area contributed by atoms with E-state index in [0.29, 0.717) is 10.9 Å². The van der Waals surface area contributed by atoms with Crippen molar-refractivity contribution in [3.8, 4) is 11.5 Å². The lowest BCUT2D eigenvalue weighted by Crippen LogP contribution is -2.06. The first-order valence-corrected chi connectivity index (χ1v) is 7.75. The molecular formula is C16H12FNO2S. The molecule has 0 saturated heterocycles. The van der Waals surface area contributed by atoms with Gasteiger partial charge in [-0.05, 0) is 55.5 Å².